The molecule has 0 aromatic heterocycles. The highest BCUT2D eigenvalue weighted by molar-refractivity contribution is 6.20. The van der Waals surface area contributed by atoms with Crippen LogP contribution in [0.3, 0.4) is 0 Å². The minimum Gasteiger partial charge on any atom is -0.457 e. The Balaban J connectivity index is 1.92. The standard InChI is InChI=1S/C15H11NO4/c1-9-2-4-10(5-3-9)20-11-6-7-12-13(8-11)15(18)16(19)14(12)17/h2-8,19H,1H3. The number of benzene rings is 2. The molecule has 0 saturated carbocycles. The van der Waals surface area contributed by atoms with Crippen LogP contribution >= 0.6 is 0 Å². The van der Waals surface area contributed by atoms with Crippen molar-refractivity contribution in [2.45, 2.75) is 6.92 Å². The van der Waals surface area contributed by atoms with Crippen LogP contribution in [-0.4, -0.2) is 22.1 Å². The van der Waals surface area contributed by atoms with E-state index in [1.807, 2.05) is 31.2 Å². The van der Waals surface area contributed by atoms with Gasteiger partial charge in [0.25, 0.3) is 11.8 Å². The molecule has 0 atom stereocenters. The van der Waals surface area contributed by atoms with Gasteiger partial charge in [-0.3, -0.25) is 14.8 Å². The van der Waals surface area contributed by atoms with Crippen LogP contribution in [0.5, 0.6) is 11.5 Å². The maximum atomic E-state index is 11.7. The molecule has 100 valence electrons. The Morgan fingerprint density at radius 2 is 1.50 bits per heavy atom. The minimum atomic E-state index is -0.737. The van der Waals surface area contributed by atoms with Crippen LogP contribution in [-0.2, 0) is 0 Å². The second-order valence-corrected chi connectivity index (χ2v) is 4.54. The van der Waals surface area contributed by atoms with Crippen molar-refractivity contribution in [1.29, 1.82) is 0 Å². The number of carbonyl (C=O) groups excluding carboxylic acids is 2. The summed E-state index contributed by atoms with van der Waals surface area (Å²) >= 11 is 0. The quantitative estimate of drug-likeness (QED) is 0.672. The number of carbonyl (C=O) groups is 2. The number of nitrogens with zero attached hydrogens (tertiary/aromatic N) is 1. The van der Waals surface area contributed by atoms with E-state index < -0.39 is 11.8 Å². The van der Waals surface area contributed by atoms with Crippen LogP contribution in [0.15, 0.2) is 42.5 Å². The van der Waals surface area contributed by atoms with Crippen LogP contribution in [0.1, 0.15) is 26.3 Å². The van der Waals surface area contributed by atoms with E-state index in [4.69, 9.17) is 4.74 Å². The lowest BCUT2D eigenvalue weighted by atomic mass is 10.1. The van der Waals surface area contributed by atoms with E-state index in [1.54, 1.807) is 6.07 Å². The predicted octanol–water partition coefficient (Wildman–Crippen LogP) is 2.77. The number of amides is 2. The molecule has 2 aromatic carbocycles. The smallest absolute Gasteiger partial charge is 0.285 e. The minimum absolute atomic E-state index is 0.111. The number of hydroxylamine groups is 2. The first kappa shape index (κ1) is 12.4. The SMILES string of the molecule is Cc1ccc(Oc2ccc3c(c2)C(=O)N(O)C3=O)cc1. The predicted molar refractivity (Wildman–Crippen MR) is 70.0 cm³/mol. The van der Waals surface area contributed by atoms with E-state index in [1.165, 1.54) is 12.1 Å². The Kier molecular flexibility index (Phi) is 2.76. The summed E-state index contributed by atoms with van der Waals surface area (Å²) in [5.74, 6) is -0.386. The van der Waals surface area contributed by atoms with Crippen LogP contribution in [0.25, 0.3) is 0 Å². The summed E-state index contributed by atoms with van der Waals surface area (Å²) in [4.78, 5) is 23.2. The van der Waals surface area contributed by atoms with Gasteiger partial charge in [-0.25, -0.2) is 0 Å². The van der Waals surface area contributed by atoms with E-state index in [-0.39, 0.29) is 16.2 Å². The van der Waals surface area contributed by atoms with E-state index in [0.717, 1.165) is 5.56 Å². The molecule has 1 aliphatic heterocycles. The highest BCUT2D eigenvalue weighted by atomic mass is 16.5. The third-order valence-corrected chi connectivity index (χ3v) is 3.09. The monoisotopic (exact) mass is 269 g/mol. The molecular formula is C15H11NO4. The van der Waals surface area contributed by atoms with Crippen LogP contribution in [0.2, 0.25) is 0 Å². The molecular weight excluding hydrogens is 258 g/mol. The molecule has 0 saturated heterocycles. The topological polar surface area (TPSA) is 66.8 Å². The molecule has 3 rings (SSSR count). The van der Waals surface area contributed by atoms with Gasteiger partial charge in [0.1, 0.15) is 11.5 Å². The fourth-order valence-corrected chi connectivity index (χ4v) is 2.01. The number of fused-ring (bicyclic) bond motifs is 1. The lowest BCUT2D eigenvalue weighted by Gasteiger charge is -2.06. The first-order valence-electron chi connectivity index (χ1n) is 6.02. The number of aryl methyl sites for hydroxylation is 1. The first-order chi connectivity index (χ1) is 9.56. The van der Waals surface area contributed by atoms with Gasteiger partial charge in [-0.05, 0) is 37.3 Å². The molecule has 1 heterocycles. The van der Waals surface area contributed by atoms with Crippen molar-refractivity contribution in [3.63, 3.8) is 0 Å². The van der Waals surface area contributed by atoms with Gasteiger partial charge in [0, 0.05) is 0 Å². The number of hydrogen-bond donors (Lipinski definition) is 1. The van der Waals surface area contributed by atoms with Crippen LogP contribution in [0.4, 0.5) is 0 Å². The summed E-state index contributed by atoms with van der Waals surface area (Å²) in [6.45, 7) is 1.97. The van der Waals surface area contributed by atoms with E-state index in [0.29, 0.717) is 11.5 Å². The zero-order valence-corrected chi connectivity index (χ0v) is 10.7. The molecule has 0 spiro atoms. The van der Waals surface area contributed by atoms with Crippen LogP contribution in [0, 0.1) is 6.92 Å². The highest BCUT2D eigenvalue weighted by Crippen LogP contribution is 2.28. The van der Waals surface area contributed by atoms with Gasteiger partial charge >= 0.3 is 0 Å². The summed E-state index contributed by atoms with van der Waals surface area (Å²) in [5.41, 5.74) is 1.43. The molecule has 0 aliphatic carbocycles. The molecule has 0 radical (unpaired) electrons. The molecule has 2 amide bonds. The number of imide groups is 1. The first-order valence-corrected chi connectivity index (χ1v) is 6.02. The average molecular weight is 269 g/mol. The fourth-order valence-electron chi connectivity index (χ4n) is 2.01. The third-order valence-electron chi connectivity index (χ3n) is 3.09. The van der Waals surface area contributed by atoms with Crippen molar-refractivity contribution in [1.82, 2.24) is 5.06 Å². The fraction of sp³-hybridized carbons (Fsp3) is 0.0667. The van der Waals surface area contributed by atoms with E-state index >= 15 is 0 Å². The Morgan fingerprint density at radius 3 is 2.20 bits per heavy atom. The number of ether oxygens (including phenoxy) is 1. The van der Waals surface area contributed by atoms with Crippen molar-refractivity contribution in [3.05, 3.63) is 59.2 Å². The average Bonchev–Trinajstić information content (AvgIpc) is 2.66. The Hall–Kier alpha value is -2.66. The number of hydrogen-bond acceptors (Lipinski definition) is 4. The normalized spacial score (nSPS) is 13.6. The van der Waals surface area contributed by atoms with Crippen molar-refractivity contribution < 1.29 is 19.5 Å². The summed E-state index contributed by atoms with van der Waals surface area (Å²) in [6, 6.07) is 11.9. The van der Waals surface area contributed by atoms with Gasteiger partial charge in [-0.1, -0.05) is 17.7 Å². The second-order valence-electron chi connectivity index (χ2n) is 4.54. The second kappa shape index (κ2) is 4.47. The summed E-state index contributed by atoms with van der Waals surface area (Å²) in [7, 11) is 0. The Bertz CT molecular complexity index is 706. The molecule has 5 heteroatoms. The Morgan fingerprint density at radius 1 is 0.900 bits per heavy atom. The van der Waals surface area contributed by atoms with Gasteiger partial charge in [-0.15, -0.1) is 5.06 Å². The zero-order chi connectivity index (χ0) is 14.3. The van der Waals surface area contributed by atoms with E-state index in [9.17, 15) is 14.8 Å². The van der Waals surface area contributed by atoms with Crippen LogP contribution < -0.4 is 4.74 Å². The van der Waals surface area contributed by atoms with Crippen molar-refractivity contribution in [3.8, 4) is 11.5 Å². The lowest BCUT2D eigenvalue weighted by Crippen LogP contribution is -2.25. The molecule has 5 nitrogen and oxygen atoms in total. The molecule has 2 aromatic rings. The summed E-state index contributed by atoms with van der Waals surface area (Å²) in [5, 5.41) is 9.40. The van der Waals surface area contributed by atoms with Gasteiger partial charge in [0.2, 0.25) is 0 Å². The van der Waals surface area contributed by atoms with Crippen molar-refractivity contribution in [2.24, 2.45) is 0 Å². The van der Waals surface area contributed by atoms with Crippen molar-refractivity contribution in [2.75, 3.05) is 0 Å². The lowest BCUT2D eigenvalue weighted by molar-refractivity contribution is -0.0327. The van der Waals surface area contributed by atoms with E-state index in [2.05, 4.69) is 0 Å². The summed E-state index contributed by atoms with van der Waals surface area (Å²) in [6.07, 6.45) is 0. The molecule has 20 heavy (non-hydrogen) atoms. The van der Waals surface area contributed by atoms with Gasteiger partial charge < -0.3 is 4.74 Å². The molecule has 1 aliphatic rings. The highest BCUT2D eigenvalue weighted by Gasteiger charge is 2.35. The molecule has 0 fully saturated rings. The maximum Gasteiger partial charge on any atom is 0.285 e. The zero-order valence-electron chi connectivity index (χ0n) is 10.7. The van der Waals surface area contributed by atoms with Gasteiger partial charge in [0.15, 0.2) is 0 Å². The van der Waals surface area contributed by atoms with Gasteiger partial charge in [-0.2, -0.15) is 0 Å². The maximum absolute atomic E-state index is 11.7. The number of rotatable bonds is 2. The largest absolute Gasteiger partial charge is 0.457 e. The van der Waals surface area contributed by atoms with Gasteiger partial charge in [0.05, 0.1) is 11.1 Å². The molecule has 0 unspecified atom stereocenters. The molecule has 1 N–H and O–H groups in total. The van der Waals surface area contributed by atoms with Crippen molar-refractivity contribution >= 4 is 11.8 Å². The summed E-state index contributed by atoms with van der Waals surface area (Å²) < 4.78 is 5.61. The molecule has 0 bridgehead atoms. The third kappa shape index (κ3) is 1.94. The Labute approximate surface area is 115 Å².